The monoisotopic (exact) mass is 258 g/mol. The molecule has 0 aliphatic heterocycles. The first kappa shape index (κ1) is 12.5. The number of benzene rings is 1. The van der Waals surface area contributed by atoms with Gasteiger partial charge in [-0.15, -0.1) is 11.8 Å². The third kappa shape index (κ3) is 2.49. The SMILES string of the molecule is CCCSc1cnn(-c2cccc(C#N)c2)c1N. The van der Waals surface area contributed by atoms with Crippen LogP contribution in [0.3, 0.4) is 0 Å². The molecule has 2 rings (SSSR count). The fourth-order valence-corrected chi connectivity index (χ4v) is 2.36. The van der Waals surface area contributed by atoms with E-state index in [1.165, 1.54) is 0 Å². The molecule has 5 heteroatoms. The second kappa shape index (κ2) is 5.61. The van der Waals surface area contributed by atoms with Crippen LogP contribution in [0.1, 0.15) is 18.9 Å². The van der Waals surface area contributed by atoms with Gasteiger partial charge in [0.2, 0.25) is 0 Å². The molecule has 1 aromatic carbocycles. The zero-order valence-electron chi connectivity index (χ0n) is 10.1. The van der Waals surface area contributed by atoms with Gasteiger partial charge in [-0.3, -0.25) is 0 Å². The van der Waals surface area contributed by atoms with E-state index in [9.17, 15) is 0 Å². The molecular formula is C13H14N4S. The van der Waals surface area contributed by atoms with E-state index in [-0.39, 0.29) is 0 Å². The molecule has 2 N–H and O–H groups in total. The highest BCUT2D eigenvalue weighted by atomic mass is 32.2. The number of nitrogens with zero attached hydrogens (tertiary/aromatic N) is 3. The quantitative estimate of drug-likeness (QED) is 0.856. The van der Waals surface area contributed by atoms with E-state index in [1.54, 1.807) is 34.8 Å². The van der Waals surface area contributed by atoms with E-state index in [2.05, 4.69) is 18.1 Å². The molecule has 0 atom stereocenters. The average Bonchev–Trinajstić information content (AvgIpc) is 2.78. The minimum atomic E-state index is 0.602. The molecular weight excluding hydrogens is 244 g/mol. The fourth-order valence-electron chi connectivity index (χ4n) is 1.58. The van der Waals surface area contributed by atoms with Gasteiger partial charge in [0.15, 0.2) is 0 Å². The predicted molar refractivity (Wildman–Crippen MR) is 73.7 cm³/mol. The highest BCUT2D eigenvalue weighted by molar-refractivity contribution is 7.99. The lowest BCUT2D eigenvalue weighted by atomic mass is 10.2. The molecule has 18 heavy (non-hydrogen) atoms. The van der Waals surface area contributed by atoms with Crippen LogP contribution in [0.5, 0.6) is 0 Å². The Morgan fingerprint density at radius 1 is 1.50 bits per heavy atom. The molecule has 2 aromatic rings. The van der Waals surface area contributed by atoms with Crippen LogP contribution in [0.4, 0.5) is 5.82 Å². The molecule has 92 valence electrons. The van der Waals surface area contributed by atoms with Crippen molar-refractivity contribution in [2.75, 3.05) is 11.5 Å². The summed E-state index contributed by atoms with van der Waals surface area (Å²) in [7, 11) is 0. The molecule has 1 heterocycles. The maximum atomic E-state index is 8.88. The Balaban J connectivity index is 2.33. The minimum absolute atomic E-state index is 0.602. The number of hydrogen-bond acceptors (Lipinski definition) is 4. The van der Waals surface area contributed by atoms with Gasteiger partial charge in [-0.2, -0.15) is 10.4 Å². The molecule has 0 aliphatic carbocycles. The van der Waals surface area contributed by atoms with Crippen molar-refractivity contribution in [1.82, 2.24) is 9.78 Å². The molecule has 0 fully saturated rings. The van der Waals surface area contributed by atoms with Gasteiger partial charge in [-0.05, 0) is 30.4 Å². The summed E-state index contributed by atoms with van der Waals surface area (Å²) >= 11 is 1.70. The van der Waals surface area contributed by atoms with Crippen LogP contribution in [-0.2, 0) is 0 Å². The largest absolute Gasteiger partial charge is 0.383 e. The minimum Gasteiger partial charge on any atom is -0.383 e. The first-order valence-electron chi connectivity index (χ1n) is 5.73. The fraction of sp³-hybridized carbons (Fsp3) is 0.231. The van der Waals surface area contributed by atoms with Crippen LogP contribution in [0.25, 0.3) is 5.69 Å². The summed E-state index contributed by atoms with van der Waals surface area (Å²) < 4.78 is 1.67. The van der Waals surface area contributed by atoms with E-state index >= 15 is 0 Å². The Labute approximate surface area is 110 Å². The lowest BCUT2D eigenvalue weighted by Gasteiger charge is -2.05. The van der Waals surface area contributed by atoms with Gasteiger partial charge < -0.3 is 5.73 Å². The molecule has 1 aromatic heterocycles. The van der Waals surface area contributed by atoms with Gasteiger partial charge in [0.05, 0.1) is 28.4 Å². The zero-order chi connectivity index (χ0) is 13.0. The molecule has 4 nitrogen and oxygen atoms in total. The molecule has 0 spiro atoms. The number of rotatable bonds is 4. The number of nitrogen functional groups attached to an aromatic ring is 1. The highest BCUT2D eigenvalue weighted by Crippen LogP contribution is 2.27. The smallest absolute Gasteiger partial charge is 0.140 e. The number of thioether (sulfide) groups is 1. The number of aromatic nitrogens is 2. The van der Waals surface area contributed by atoms with Crippen molar-refractivity contribution in [2.45, 2.75) is 18.2 Å². The lowest BCUT2D eigenvalue weighted by Crippen LogP contribution is -2.02. The van der Waals surface area contributed by atoms with Crippen molar-refractivity contribution in [3.05, 3.63) is 36.0 Å². The second-order valence-electron chi connectivity index (χ2n) is 3.82. The van der Waals surface area contributed by atoms with Crippen LogP contribution in [0.15, 0.2) is 35.4 Å². The van der Waals surface area contributed by atoms with Gasteiger partial charge >= 0.3 is 0 Å². The first-order chi connectivity index (χ1) is 8.76. The van der Waals surface area contributed by atoms with Gasteiger partial charge in [0.25, 0.3) is 0 Å². The third-order valence-electron chi connectivity index (χ3n) is 2.45. The standard InChI is InChI=1S/C13H14N4S/c1-2-6-18-12-9-16-17(13(12)15)11-5-3-4-10(7-11)8-14/h3-5,7,9H,2,6,15H2,1H3. The summed E-state index contributed by atoms with van der Waals surface area (Å²) in [6, 6.07) is 9.36. The number of hydrogen-bond donors (Lipinski definition) is 1. The Morgan fingerprint density at radius 2 is 2.33 bits per heavy atom. The van der Waals surface area contributed by atoms with Crippen LogP contribution in [0, 0.1) is 11.3 Å². The first-order valence-corrected chi connectivity index (χ1v) is 6.71. The predicted octanol–water partition coefficient (Wildman–Crippen LogP) is 2.83. The number of anilines is 1. The van der Waals surface area contributed by atoms with Crippen LogP contribution in [-0.4, -0.2) is 15.5 Å². The summed E-state index contributed by atoms with van der Waals surface area (Å²) in [5, 5.41) is 13.2. The van der Waals surface area contributed by atoms with E-state index in [1.807, 2.05) is 12.1 Å². The second-order valence-corrected chi connectivity index (χ2v) is 4.95. The number of nitrogens with two attached hydrogens (primary N) is 1. The van der Waals surface area contributed by atoms with Gasteiger partial charge in [-0.25, -0.2) is 4.68 Å². The Morgan fingerprint density at radius 3 is 3.06 bits per heavy atom. The van der Waals surface area contributed by atoms with E-state index < -0.39 is 0 Å². The highest BCUT2D eigenvalue weighted by Gasteiger charge is 2.09. The van der Waals surface area contributed by atoms with Gasteiger partial charge in [-0.1, -0.05) is 13.0 Å². The molecule has 0 unspecified atom stereocenters. The molecule has 0 radical (unpaired) electrons. The number of nitriles is 1. The summed E-state index contributed by atoms with van der Waals surface area (Å²) in [6.45, 7) is 2.13. The maximum Gasteiger partial charge on any atom is 0.140 e. The summed E-state index contributed by atoms with van der Waals surface area (Å²) in [6.07, 6.45) is 2.87. The van der Waals surface area contributed by atoms with Crippen molar-refractivity contribution in [2.24, 2.45) is 0 Å². The van der Waals surface area contributed by atoms with Crippen LogP contribution in [0.2, 0.25) is 0 Å². The molecule has 0 bridgehead atoms. The Kier molecular flexibility index (Phi) is 3.90. The van der Waals surface area contributed by atoms with Crippen molar-refractivity contribution < 1.29 is 0 Å². The summed E-state index contributed by atoms with van der Waals surface area (Å²) in [5.74, 6) is 1.65. The van der Waals surface area contributed by atoms with E-state index in [0.717, 1.165) is 22.8 Å². The normalized spacial score (nSPS) is 10.2. The summed E-state index contributed by atoms with van der Waals surface area (Å²) in [5.41, 5.74) is 7.48. The van der Waals surface area contributed by atoms with E-state index in [4.69, 9.17) is 11.0 Å². The molecule has 0 aliphatic rings. The Bertz CT molecular complexity index is 583. The van der Waals surface area contributed by atoms with Crippen molar-refractivity contribution in [3.63, 3.8) is 0 Å². The van der Waals surface area contributed by atoms with Crippen molar-refractivity contribution in [1.29, 1.82) is 5.26 Å². The molecule has 0 saturated heterocycles. The van der Waals surface area contributed by atoms with Gasteiger partial charge in [0.1, 0.15) is 5.82 Å². The van der Waals surface area contributed by atoms with Crippen LogP contribution >= 0.6 is 11.8 Å². The third-order valence-corrected chi connectivity index (χ3v) is 3.69. The summed E-state index contributed by atoms with van der Waals surface area (Å²) in [4.78, 5) is 0.985. The van der Waals surface area contributed by atoms with Gasteiger partial charge in [0, 0.05) is 0 Å². The van der Waals surface area contributed by atoms with Crippen molar-refractivity contribution >= 4 is 17.6 Å². The van der Waals surface area contributed by atoms with Crippen LogP contribution < -0.4 is 5.73 Å². The topological polar surface area (TPSA) is 67.6 Å². The zero-order valence-corrected chi connectivity index (χ0v) is 10.9. The van der Waals surface area contributed by atoms with Crippen molar-refractivity contribution in [3.8, 4) is 11.8 Å². The van der Waals surface area contributed by atoms with E-state index in [0.29, 0.717) is 11.4 Å². The average molecular weight is 258 g/mol. The maximum absolute atomic E-state index is 8.88. The lowest BCUT2D eigenvalue weighted by molar-refractivity contribution is 0.890. The molecule has 0 amide bonds. The molecule has 0 saturated carbocycles. The Hall–Kier alpha value is -1.93.